The molecule has 2 rings (SSSR count). The fourth-order valence-electron chi connectivity index (χ4n) is 2.08. The topological polar surface area (TPSA) is 53.6 Å². The number of ether oxygens (including phenoxy) is 1. The third-order valence-electron chi connectivity index (χ3n) is 2.93. The first-order chi connectivity index (χ1) is 9.15. The number of nitrogens with one attached hydrogen (secondary N) is 2. The van der Waals surface area contributed by atoms with Crippen molar-refractivity contribution in [3.8, 4) is 0 Å². The molecule has 120 valence electrons. The van der Waals surface area contributed by atoms with E-state index in [0.29, 0.717) is 13.2 Å². The van der Waals surface area contributed by atoms with E-state index in [2.05, 4.69) is 21.6 Å². The van der Waals surface area contributed by atoms with Crippen molar-refractivity contribution in [3.05, 3.63) is 29.8 Å². The van der Waals surface area contributed by atoms with E-state index < -0.39 is 0 Å². The van der Waals surface area contributed by atoms with E-state index in [9.17, 15) is 4.79 Å². The van der Waals surface area contributed by atoms with E-state index >= 15 is 0 Å². The summed E-state index contributed by atoms with van der Waals surface area (Å²) in [6.45, 7) is 2.68. The van der Waals surface area contributed by atoms with Gasteiger partial charge in [0.1, 0.15) is 6.04 Å². The quantitative estimate of drug-likeness (QED) is 0.875. The fourth-order valence-corrected chi connectivity index (χ4v) is 2.08. The van der Waals surface area contributed by atoms with Gasteiger partial charge in [-0.3, -0.25) is 4.79 Å². The Morgan fingerprint density at radius 3 is 2.81 bits per heavy atom. The first-order valence-corrected chi connectivity index (χ1v) is 6.51. The van der Waals surface area contributed by atoms with Crippen molar-refractivity contribution >= 4 is 36.4 Å². The van der Waals surface area contributed by atoms with E-state index in [0.717, 1.165) is 18.8 Å². The molecule has 0 spiro atoms. The van der Waals surface area contributed by atoms with Gasteiger partial charge in [-0.2, -0.15) is 0 Å². The first-order valence-electron chi connectivity index (χ1n) is 6.51. The van der Waals surface area contributed by atoms with Crippen LogP contribution in [0.1, 0.15) is 5.56 Å². The van der Waals surface area contributed by atoms with Gasteiger partial charge in [-0.25, -0.2) is 0 Å². The molecule has 1 saturated heterocycles. The molecular formula is C14H23Cl2N3O2. The summed E-state index contributed by atoms with van der Waals surface area (Å²) in [5.41, 5.74) is 2.01. The van der Waals surface area contributed by atoms with Crippen molar-refractivity contribution in [3.63, 3.8) is 0 Å². The highest BCUT2D eigenvalue weighted by Crippen LogP contribution is 2.12. The Bertz CT molecular complexity index is 438. The first kappa shape index (κ1) is 20.1. The van der Waals surface area contributed by atoms with E-state index in [1.165, 1.54) is 5.56 Å². The lowest BCUT2D eigenvalue weighted by atomic mass is 10.2. The number of nitrogens with zero attached hydrogens (tertiary/aromatic N) is 1. The van der Waals surface area contributed by atoms with Crippen molar-refractivity contribution in [1.82, 2.24) is 10.2 Å². The second-order valence-electron chi connectivity index (χ2n) is 5.01. The molecule has 0 radical (unpaired) electrons. The zero-order valence-corrected chi connectivity index (χ0v) is 13.9. The van der Waals surface area contributed by atoms with Crippen LogP contribution in [-0.2, 0) is 16.1 Å². The Morgan fingerprint density at radius 1 is 1.43 bits per heavy atom. The lowest BCUT2D eigenvalue weighted by Gasteiger charge is -2.23. The molecule has 1 aromatic carbocycles. The van der Waals surface area contributed by atoms with Crippen LogP contribution in [0, 0.1) is 0 Å². The zero-order valence-electron chi connectivity index (χ0n) is 12.3. The Labute approximate surface area is 138 Å². The van der Waals surface area contributed by atoms with Gasteiger partial charge in [-0.15, -0.1) is 24.8 Å². The molecule has 1 atom stereocenters. The van der Waals surface area contributed by atoms with Gasteiger partial charge in [0.25, 0.3) is 0 Å². The molecule has 5 nitrogen and oxygen atoms in total. The monoisotopic (exact) mass is 335 g/mol. The standard InChI is InChI=1S/C14H21N3O2.2ClH/c1-17(2)9-11-4-3-5-12(8-11)16-14(18)13-10-19-7-6-15-13;;/h3-5,8,13,15H,6-7,9-10H2,1-2H3,(H,16,18);2*1H. The van der Waals surface area contributed by atoms with Crippen LogP contribution >= 0.6 is 24.8 Å². The number of rotatable bonds is 4. The minimum atomic E-state index is -0.258. The Kier molecular flexibility index (Phi) is 9.57. The number of hydrogen-bond donors (Lipinski definition) is 2. The second-order valence-corrected chi connectivity index (χ2v) is 5.01. The molecule has 7 heteroatoms. The summed E-state index contributed by atoms with van der Waals surface area (Å²) in [7, 11) is 4.04. The van der Waals surface area contributed by atoms with Crippen LogP contribution in [0.4, 0.5) is 5.69 Å². The lowest BCUT2D eigenvalue weighted by molar-refractivity contribution is -0.120. The van der Waals surface area contributed by atoms with Crippen molar-refractivity contribution in [1.29, 1.82) is 0 Å². The molecule has 1 amide bonds. The zero-order chi connectivity index (χ0) is 13.7. The molecule has 1 aliphatic heterocycles. The van der Waals surface area contributed by atoms with Gasteiger partial charge in [0.15, 0.2) is 0 Å². The predicted molar refractivity (Wildman–Crippen MR) is 89.6 cm³/mol. The number of hydrogen-bond acceptors (Lipinski definition) is 4. The number of anilines is 1. The molecule has 21 heavy (non-hydrogen) atoms. The fraction of sp³-hybridized carbons (Fsp3) is 0.500. The van der Waals surface area contributed by atoms with Gasteiger partial charge >= 0.3 is 0 Å². The van der Waals surface area contributed by atoms with Crippen molar-refractivity contribution in [2.45, 2.75) is 12.6 Å². The summed E-state index contributed by atoms with van der Waals surface area (Å²) < 4.78 is 5.29. The van der Waals surface area contributed by atoms with Crippen LogP contribution in [-0.4, -0.2) is 50.7 Å². The highest BCUT2D eigenvalue weighted by molar-refractivity contribution is 5.95. The minimum Gasteiger partial charge on any atom is -0.378 e. The van der Waals surface area contributed by atoms with E-state index in [4.69, 9.17) is 4.74 Å². The number of benzene rings is 1. The minimum absolute atomic E-state index is 0. The van der Waals surface area contributed by atoms with Crippen LogP contribution in [0.25, 0.3) is 0 Å². The summed E-state index contributed by atoms with van der Waals surface area (Å²) in [6, 6.07) is 7.66. The summed E-state index contributed by atoms with van der Waals surface area (Å²) in [4.78, 5) is 14.1. The molecule has 0 aliphatic carbocycles. The summed E-state index contributed by atoms with van der Waals surface area (Å²) in [5, 5.41) is 6.07. The van der Waals surface area contributed by atoms with Gasteiger partial charge in [0.2, 0.25) is 5.91 Å². The van der Waals surface area contributed by atoms with Crippen molar-refractivity contribution in [2.75, 3.05) is 39.2 Å². The Balaban J connectivity index is 0.00000200. The third-order valence-corrected chi connectivity index (χ3v) is 2.93. The van der Waals surface area contributed by atoms with Crippen LogP contribution < -0.4 is 10.6 Å². The van der Waals surface area contributed by atoms with Gasteiger partial charge in [-0.1, -0.05) is 12.1 Å². The molecule has 0 bridgehead atoms. The molecule has 0 aromatic heterocycles. The smallest absolute Gasteiger partial charge is 0.243 e. The second kappa shape index (κ2) is 9.97. The number of halogens is 2. The van der Waals surface area contributed by atoms with Gasteiger partial charge in [0, 0.05) is 18.8 Å². The highest BCUT2D eigenvalue weighted by atomic mass is 35.5. The SMILES string of the molecule is CN(C)Cc1cccc(NC(=O)C2COCCN2)c1.Cl.Cl. The average Bonchev–Trinajstić information content (AvgIpc) is 2.39. The summed E-state index contributed by atoms with van der Waals surface area (Å²) >= 11 is 0. The largest absolute Gasteiger partial charge is 0.378 e. The molecule has 1 aliphatic rings. The van der Waals surface area contributed by atoms with Crippen molar-refractivity contribution < 1.29 is 9.53 Å². The lowest BCUT2D eigenvalue weighted by Crippen LogP contribution is -2.48. The highest BCUT2D eigenvalue weighted by Gasteiger charge is 2.21. The van der Waals surface area contributed by atoms with Gasteiger partial charge in [-0.05, 0) is 31.8 Å². The van der Waals surface area contributed by atoms with Crippen LogP contribution in [0.5, 0.6) is 0 Å². The average molecular weight is 336 g/mol. The maximum Gasteiger partial charge on any atom is 0.243 e. The maximum absolute atomic E-state index is 12.0. The maximum atomic E-state index is 12.0. The van der Waals surface area contributed by atoms with E-state index in [1.807, 2.05) is 32.3 Å². The molecule has 1 aromatic rings. The number of carbonyl (C=O) groups excluding carboxylic acids is 1. The molecular weight excluding hydrogens is 313 g/mol. The summed E-state index contributed by atoms with van der Waals surface area (Å²) in [6.07, 6.45) is 0. The molecule has 1 heterocycles. The van der Waals surface area contributed by atoms with Gasteiger partial charge in [0.05, 0.1) is 13.2 Å². The predicted octanol–water partition coefficient (Wildman–Crippen LogP) is 1.52. The Hall–Kier alpha value is -0.850. The molecule has 1 fully saturated rings. The Morgan fingerprint density at radius 2 is 2.19 bits per heavy atom. The third kappa shape index (κ3) is 6.63. The number of morpholine rings is 1. The molecule has 2 N–H and O–H groups in total. The molecule has 1 unspecified atom stereocenters. The normalized spacial score (nSPS) is 17.6. The van der Waals surface area contributed by atoms with Crippen molar-refractivity contribution in [2.24, 2.45) is 0 Å². The number of amides is 1. The van der Waals surface area contributed by atoms with E-state index in [1.54, 1.807) is 0 Å². The van der Waals surface area contributed by atoms with Crippen LogP contribution in [0.3, 0.4) is 0 Å². The van der Waals surface area contributed by atoms with Crippen LogP contribution in [0.2, 0.25) is 0 Å². The number of carbonyl (C=O) groups is 1. The molecule has 0 saturated carbocycles. The van der Waals surface area contributed by atoms with Crippen LogP contribution in [0.15, 0.2) is 24.3 Å². The summed E-state index contributed by atoms with van der Waals surface area (Å²) in [5.74, 6) is -0.0401. The van der Waals surface area contributed by atoms with E-state index in [-0.39, 0.29) is 36.8 Å². The van der Waals surface area contributed by atoms with Gasteiger partial charge < -0.3 is 20.3 Å².